The molecule has 0 spiro atoms. The van der Waals surface area contributed by atoms with Gasteiger partial charge >= 0.3 is 0 Å². The molecule has 3 N–H and O–H groups in total. The van der Waals surface area contributed by atoms with Gasteiger partial charge in [-0.3, -0.25) is 9.59 Å². The van der Waals surface area contributed by atoms with Gasteiger partial charge in [0.15, 0.2) is 6.10 Å². The maximum atomic E-state index is 12.8. The summed E-state index contributed by atoms with van der Waals surface area (Å²) in [5.74, 6) is -0.368. The number of nitrogens with two attached hydrogens (primary N) is 1. The summed E-state index contributed by atoms with van der Waals surface area (Å²) in [5, 5.41) is 3.03. The average molecular weight is 438 g/mol. The van der Waals surface area contributed by atoms with Crippen molar-refractivity contribution in [1.82, 2.24) is 9.62 Å². The van der Waals surface area contributed by atoms with E-state index < -0.39 is 16.1 Å². The van der Waals surface area contributed by atoms with Crippen molar-refractivity contribution in [2.24, 2.45) is 11.7 Å². The molecule has 2 amide bonds. The van der Waals surface area contributed by atoms with Gasteiger partial charge in [-0.25, -0.2) is 8.42 Å². The fraction of sp³-hybridized carbons (Fsp3) is 0.619. The Labute approximate surface area is 178 Å². The fourth-order valence-electron chi connectivity index (χ4n) is 4.04. The molecule has 1 aliphatic carbocycles. The van der Waals surface area contributed by atoms with Crippen molar-refractivity contribution >= 4 is 21.8 Å². The number of carbonyl (C=O) groups is 2. The van der Waals surface area contributed by atoms with Gasteiger partial charge in [0.05, 0.1) is 4.90 Å². The van der Waals surface area contributed by atoms with Crippen LogP contribution in [0.2, 0.25) is 0 Å². The van der Waals surface area contributed by atoms with Gasteiger partial charge < -0.3 is 15.8 Å². The third kappa shape index (κ3) is 5.51. The largest absolute Gasteiger partial charge is 0.481 e. The number of benzene rings is 1. The maximum absolute atomic E-state index is 12.8. The van der Waals surface area contributed by atoms with E-state index >= 15 is 0 Å². The molecule has 8 nitrogen and oxygen atoms in total. The van der Waals surface area contributed by atoms with E-state index in [1.54, 1.807) is 19.1 Å². The zero-order chi connectivity index (χ0) is 21.7. The van der Waals surface area contributed by atoms with Crippen molar-refractivity contribution in [3.8, 4) is 5.75 Å². The highest BCUT2D eigenvalue weighted by Crippen LogP contribution is 2.25. The molecular formula is C21H31N3O5S. The van der Waals surface area contributed by atoms with Gasteiger partial charge in [-0.1, -0.05) is 19.3 Å². The zero-order valence-corrected chi connectivity index (χ0v) is 18.2. The molecule has 1 saturated carbocycles. The smallest absolute Gasteiger partial charge is 0.260 e. The van der Waals surface area contributed by atoms with Crippen molar-refractivity contribution in [3.63, 3.8) is 0 Å². The molecule has 1 heterocycles. The van der Waals surface area contributed by atoms with Crippen LogP contribution in [0.4, 0.5) is 0 Å². The Kier molecular flexibility index (Phi) is 7.36. The average Bonchev–Trinajstić information content (AvgIpc) is 2.75. The summed E-state index contributed by atoms with van der Waals surface area (Å²) < 4.78 is 32.7. The lowest BCUT2D eigenvalue weighted by atomic mass is 9.95. The third-order valence-corrected chi connectivity index (χ3v) is 7.86. The summed E-state index contributed by atoms with van der Waals surface area (Å²) in [7, 11) is -3.65. The zero-order valence-electron chi connectivity index (χ0n) is 17.4. The molecule has 1 aromatic carbocycles. The molecule has 2 aliphatic rings. The standard InChI is InChI=1S/C21H31N3O5S/c1-15(21(26)23-17-5-3-2-4-6-17)29-18-7-9-19(10-8-18)30(27,28)24-13-11-16(12-14-24)20(22)25/h7-10,15-17H,2-6,11-14H2,1H3,(H2,22,25)(H,23,26)/t15-/m0/s1. The van der Waals surface area contributed by atoms with Crippen molar-refractivity contribution in [3.05, 3.63) is 24.3 Å². The molecule has 166 valence electrons. The Morgan fingerprint density at radius 3 is 2.23 bits per heavy atom. The maximum Gasteiger partial charge on any atom is 0.260 e. The van der Waals surface area contributed by atoms with Crippen LogP contribution in [0.15, 0.2) is 29.2 Å². The molecule has 0 unspecified atom stereocenters. The summed E-state index contributed by atoms with van der Waals surface area (Å²) in [6.45, 7) is 2.23. The first-order chi connectivity index (χ1) is 14.3. The molecule has 1 aliphatic heterocycles. The predicted octanol–water partition coefficient (Wildman–Crippen LogP) is 1.79. The number of rotatable bonds is 7. The molecule has 1 aromatic rings. The topological polar surface area (TPSA) is 119 Å². The van der Waals surface area contributed by atoms with Gasteiger partial charge in [0.2, 0.25) is 15.9 Å². The van der Waals surface area contributed by atoms with Crippen LogP contribution in [-0.2, 0) is 19.6 Å². The summed E-state index contributed by atoms with van der Waals surface area (Å²) in [4.78, 5) is 23.8. The minimum Gasteiger partial charge on any atom is -0.481 e. The van der Waals surface area contributed by atoms with Crippen LogP contribution in [0.1, 0.15) is 51.9 Å². The highest BCUT2D eigenvalue weighted by molar-refractivity contribution is 7.89. The minimum absolute atomic E-state index is 0.157. The quantitative estimate of drug-likeness (QED) is 0.674. The van der Waals surface area contributed by atoms with E-state index in [2.05, 4.69) is 5.32 Å². The minimum atomic E-state index is -3.65. The van der Waals surface area contributed by atoms with Gasteiger partial charge in [0.1, 0.15) is 5.75 Å². The molecule has 3 rings (SSSR count). The molecule has 1 saturated heterocycles. The lowest BCUT2D eigenvalue weighted by molar-refractivity contribution is -0.128. The molecular weight excluding hydrogens is 406 g/mol. The number of piperidine rings is 1. The Hall–Kier alpha value is -2.13. The summed E-state index contributed by atoms with van der Waals surface area (Å²) in [6, 6.07) is 6.30. The van der Waals surface area contributed by atoms with E-state index in [-0.39, 0.29) is 41.8 Å². The van der Waals surface area contributed by atoms with Gasteiger partial charge in [-0.05, 0) is 56.9 Å². The number of hydrogen-bond acceptors (Lipinski definition) is 5. The highest BCUT2D eigenvalue weighted by atomic mass is 32.2. The first-order valence-corrected chi connectivity index (χ1v) is 12.1. The van der Waals surface area contributed by atoms with Crippen LogP contribution in [0, 0.1) is 5.92 Å². The van der Waals surface area contributed by atoms with Gasteiger partial charge in [-0.2, -0.15) is 4.31 Å². The Bertz CT molecular complexity index is 842. The lowest BCUT2D eigenvalue weighted by Gasteiger charge is -2.29. The molecule has 0 radical (unpaired) electrons. The van der Waals surface area contributed by atoms with Gasteiger partial charge in [0.25, 0.3) is 5.91 Å². The van der Waals surface area contributed by atoms with Crippen LogP contribution >= 0.6 is 0 Å². The van der Waals surface area contributed by atoms with Crippen molar-refractivity contribution in [1.29, 1.82) is 0 Å². The van der Waals surface area contributed by atoms with Crippen molar-refractivity contribution < 1.29 is 22.7 Å². The molecule has 2 fully saturated rings. The molecule has 30 heavy (non-hydrogen) atoms. The van der Waals surface area contributed by atoms with Crippen LogP contribution in [0.5, 0.6) is 5.75 Å². The number of nitrogens with zero attached hydrogens (tertiary/aromatic N) is 1. The Balaban J connectivity index is 1.56. The first-order valence-electron chi connectivity index (χ1n) is 10.6. The second kappa shape index (κ2) is 9.78. The first kappa shape index (κ1) is 22.6. The SMILES string of the molecule is C[C@H](Oc1ccc(S(=O)(=O)N2CCC(C(N)=O)CC2)cc1)C(=O)NC1CCCCC1. The van der Waals surface area contributed by atoms with Crippen LogP contribution < -0.4 is 15.8 Å². The van der Waals surface area contributed by atoms with Crippen molar-refractivity contribution in [2.45, 2.75) is 68.9 Å². The molecule has 9 heteroatoms. The monoisotopic (exact) mass is 437 g/mol. The number of sulfonamides is 1. The molecule has 0 bridgehead atoms. The van der Waals surface area contributed by atoms with E-state index in [4.69, 9.17) is 10.5 Å². The fourth-order valence-corrected chi connectivity index (χ4v) is 5.51. The highest BCUT2D eigenvalue weighted by Gasteiger charge is 2.31. The number of primary amides is 1. The second-order valence-corrected chi connectivity index (χ2v) is 10.1. The lowest BCUT2D eigenvalue weighted by Crippen LogP contribution is -2.43. The van der Waals surface area contributed by atoms with Crippen LogP contribution in [0.25, 0.3) is 0 Å². The van der Waals surface area contributed by atoms with E-state index in [0.717, 1.165) is 25.7 Å². The third-order valence-electron chi connectivity index (χ3n) is 5.95. The van der Waals surface area contributed by atoms with Crippen LogP contribution in [0.3, 0.4) is 0 Å². The Morgan fingerprint density at radius 2 is 1.67 bits per heavy atom. The van der Waals surface area contributed by atoms with Crippen molar-refractivity contribution in [2.75, 3.05) is 13.1 Å². The molecule has 1 atom stereocenters. The summed E-state index contributed by atoms with van der Waals surface area (Å²) in [5.41, 5.74) is 5.31. The van der Waals surface area contributed by atoms with Crippen LogP contribution in [-0.4, -0.2) is 49.8 Å². The molecule has 0 aromatic heterocycles. The number of amides is 2. The normalized spacial score (nSPS) is 20.4. The van der Waals surface area contributed by atoms with E-state index in [0.29, 0.717) is 18.6 Å². The van der Waals surface area contributed by atoms with Gasteiger partial charge in [-0.15, -0.1) is 0 Å². The predicted molar refractivity (Wildman–Crippen MR) is 112 cm³/mol. The van der Waals surface area contributed by atoms with E-state index in [9.17, 15) is 18.0 Å². The summed E-state index contributed by atoms with van der Waals surface area (Å²) in [6.07, 6.45) is 5.70. The number of hydrogen-bond donors (Lipinski definition) is 2. The number of ether oxygens (including phenoxy) is 1. The summed E-state index contributed by atoms with van der Waals surface area (Å²) >= 11 is 0. The number of carbonyl (C=O) groups excluding carboxylic acids is 2. The van der Waals surface area contributed by atoms with Gasteiger partial charge in [0, 0.05) is 25.0 Å². The second-order valence-electron chi connectivity index (χ2n) is 8.16. The Morgan fingerprint density at radius 1 is 1.07 bits per heavy atom. The van der Waals surface area contributed by atoms with E-state index in [1.807, 2.05) is 0 Å². The number of nitrogens with one attached hydrogen (secondary N) is 1. The van der Waals surface area contributed by atoms with E-state index in [1.165, 1.54) is 22.9 Å².